The molecule has 1 heterocycles. The van der Waals surface area contributed by atoms with Gasteiger partial charge in [0.15, 0.2) is 0 Å². The van der Waals surface area contributed by atoms with E-state index in [4.69, 9.17) is 5.11 Å². The highest BCUT2D eigenvalue weighted by Gasteiger charge is 2.38. The molecular weight excluding hydrogens is 266 g/mol. The van der Waals surface area contributed by atoms with Gasteiger partial charge in [0.1, 0.15) is 0 Å². The van der Waals surface area contributed by atoms with Gasteiger partial charge in [-0.05, 0) is 37.5 Å². The van der Waals surface area contributed by atoms with E-state index >= 15 is 0 Å². The van der Waals surface area contributed by atoms with Crippen molar-refractivity contribution in [1.29, 1.82) is 0 Å². The van der Waals surface area contributed by atoms with E-state index in [-0.39, 0.29) is 12.0 Å². The van der Waals surface area contributed by atoms with Crippen molar-refractivity contribution in [3.05, 3.63) is 48.3 Å². The van der Waals surface area contributed by atoms with Crippen LogP contribution in [0.4, 0.5) is 0 Å². The number of nitrogens with zero attached hydrogens (tertiary/aromatic N) is 2. The Kier molecular flexibility index (Phi) is 3.75. The minimum absolute atomic E-state index is 0.187. The van der Waals surface area contributed by atoms with Crippen molar-refractivity contribution in [2.45, 2.75) is 37.8 Å². The lowest BCUT2D eigenvalue weighted by Crippen LogP contribution is -2.51. The number of nitrogens with one attached hydrogen (secondary N) is 1. The molecule has 110 valence electrons. The minimum Gasteiger partial charge on any atom is -0.481 e. The molecule has 0 radical (unpaired) electrons. The Bertz CT molecular complexity index is 617. The molecule has 1 aromatic carbocycles. The lowest BCUT2D eigenvalue weighted by atomic mass is 9.74. The summed E-state index contributed by atoms with van der Waals surface area (Å²) in [4.78, 5) is 10.9. The molecule has 2 N–H and O–H groups in total. The van der Waals surface area contributed by atoms with Crippen LogP contribution in [0.5, 0.6) is 0 Å². The molecular formula is C16H19N3O2. The third-order valence-corrected chi connectivity index (χ3v) is 4.11. The zero-order valence-electron chi connectivity index (χ0n) is 11.8. The van der Waals surface area contributed by atoms with Crippen molar-refractivity contribution < 1.29 is 9.90 Å². The average molecular weight is 285 g/mol. The number of carboxylic acid groups (broad SMARTS) is 1. The van der Waals surface area contributed by atoms with Crippen LogP contribution in [-0.2, 0) is 11.3 Å². The molecule has 0 amide bonds. The number of hydrogen-bond acceptors (Lipinski definition) is 3. The lowest BCUT2D eigenvalue weighted by molar-refractivity contribution is -0.139. The number of aliphatic carboxylic acids is 1. The molecule has 5 nitrogen and oxygen atoms in total. The van der Waals surface area contributed by atoms with Crippen LogP contribution < -0.4 is 5.32 Å². The molecule has 21 heavy (non-hydrogen) atoms. The van der Waals surface area contributed by atoms with E-state index in [1.54, 1.807) is 0 Å². The first-order chi connectivity index (χ1) is 10.2. The van der Waals surface area contributed by atoms with Gasteiger partial charge in [-0.3, -0.25) is 4.79 Å². The first kappa shape index (κ1) is 13.8. The number of benzene rings is 1. The Balaban J connectivity index is 1.64. The van der Waals surface area contributed by atoms with Crippen molar-refractivity contribution in [2.75, 3.05) is 0 Å². The van der Waals surface area contributed by atoms with Gasteiger partial charge in [-0.1, -0.05) is 18.2 Å². The summed E-state index contributed by atoms with van der Waals surface area (Å²) in [5, 5.41) is 16.9. The third kappa shape index (κ3) is 3.13. The fourth-order valence-corrected chi connectivity index (χ4v) is 2.77. The molecule has 0 spiro atoms. The van der Waals surface area contributed by atoms with Crippen LogP contribution in [0.15, 0.2) is 42.6 Å². The maximum Gasteiger partial charge on any atom is 0.305 e. The minimum atomic E-state index is -0.739. The first-order valence-corrected chi connectivity index (χ1v) is 7.24. The summed E-state index contributed by atoms with van der Waals surface area (Å²) in [6.07, 6.45) is 5.07. The Morgan fingerprint density at radius 1 is 1.29 bits per heavy atom. The average Bonchev–Trinajstić information content (AvgIpc) is 2.91. The van der Waals surface area contributed by atoms with Crippen LogP contribution in [0, 0.1) is 0 Å². The SMILES string of the molecule is O=C(O)CC1(NCc2ccn(-c3ccccc3)n2)CCC1. The number of carboxylic acids is 1. The van der Waals surface area contributed by atoms with Gasteiger partial charge in [-0.15, -0.1) is 0 Å². The van der Waals surface area contributed by atoms with Gasteiger partial charge in [0.2, 0.25) is 0 Å². The molecule has 0 aliphatic heterocycles. The third-order valence-electron chi connectivity index (χ3n) is 4.11. The maximum absolute atomic E-state index is 10.9. The molecule has 1 aliphatic rings. The highest BCUT2D eigenvalue weighted by Crippen LogP contribution is 2.35. The fourth-order valence-electron chi connectivity index (χ4n) is 2.77. The quantitative estimate of drug-likeness (QED) is 0.855. The number of carbonyl (C=O) groups is 1. The molecule has 0 atom stereocenters. The maximum atomic E-state index is 10.9. The van der Waals surface area contributed by atoms with E-state index in [1.807, 2.05) is 47.3 Å². The second-order valence-corrected chi connectivity index (χ2v) is 5.65. The summed E-state index contributed by atoms with van der Waals surface area (Å²) in [5.41, 5.74) is 1.71. The van der Waals surface area contributed by atoms with Gasteiger partial charge >= 0.3 is 5.97 Å². The Morgan fingerprint density at radius 2 is 2.05 bits per heavy atom. The van der Waals surface area contributed by atoms with Crippen LogP contribution in [-0.4, -0.2) is 26.4 Å². The van der Waals surface area contributed by atoms with Gasteiger partial charge in [0.25, 0.3) is 0 Å². The van der Waals surface area contributed by atoms with Crippen molar-refractivity contribution in [1.82, 2.24) is 15.1 Å². The molecule has 5 heteroatoms. The Hall–Kier alpha value is -2.14. The smallest absolute Gasteiger partial charge is 0.305 e. The zero-order chi connectivity index (χ0) is 14.7. The predicted octanol–water partition coefficient (Wildman–Crippen LogP) is 2.36. The largest absolute Gasteiger partial charge is 0.481 e. The Morgan fingerprint density at radius 3 is 2.67 bits per heavy atom. The summed E-state index contributed by atoms with van der Waals surface area (Å²) in [5.74, 6) is -0.739. The monoisotopic (exact) mass is 285 g/mol. The van der Waals surface area contributed by atoms with Crippen LogP contribution in [0.25, 0.3) is 5.69 Å². The number of aromatic nitrogens is 2. The molecule has 0 saturated heterocycles. The highest BCUT2D eigenvalue weighted by atomic mass is 16.4. The zero-order valence-corrected chi connectivity index (χ0v) is 11.8. The van der Waals surface area contributed by atoms with Gasteiger partial charge < -0.3 is 10.4 Å². The summed E-state index contributed by atoms with van der Waals surface area (Å²) in [6, 6.07) is 11.9. The number of hydrogen-bond donors (Lipinski definition) is 2. The van der Waals surface area contributed by atoms with Crippen LogP contribution >= 0.6 is 0 Å². The van der Waals surface area contributed by atoms with Gasteiger partial charge in [0.05, 0.1) is 17.8 Å². The molecule has 2 aromatic rings. The summed E-state index contributed by atoms with van der Waals surface area (Å²) >= 11 is 0. The van der Waals surface area contributed by atoms with Crippen molar-refractivity contribution in [3.63, 3.8) is 0 Å². The molecule has 3 rings (SSSR count). The predicted molar refractivity (Wildman–Crippen MR) is 79.2 cm³/mol. The van der Waals surface area contributed by atoms with Crippen LogP contribution in [0.1, 0.15) is 31.4 Å². The fraction of sp³-hybridized carbons (Fsp3) is 0.375. The van der Waals surface area contributed by atoms with Crippen molar-refractivity contribution in [2.24, 2.45) is 0 Å². The molecule has 0 bridgehead atoms. The summed E-state index contributed by atoms with van der Waals surface area (Å²) in [6.45, 7) is 0.604. The second-order valence-electron chi connectivity index (χ2n) is 5.65. The number of para-hydroxylation sites is 1. The second kappa shape index (κ2) is 5.69. The normalized spacial score (nSPS) is 16.4. The van der Waals surface area contributed by atoms with E-state index in [1.165, 1.54) is 0 Å². The van der Waals surface area contributed by atoms with E-state index in [0.717, 1.165) is 30.6 Å². The topological polar surface area (TPSA) is 67.2 Å². The van der Waals surface area contributed by atoms with Gasteiger partial charge in [0, 0.05) is 18.3 Å². The first-order valence-electron chi connectivity index (χ1n) is 7.24. The van der Waals surface area contributed by atoms with E-state index < -0.39 is 5.97 Å². The molecule has 1 aliphatic carbocycles. The lowest BCUT2D eigenvalue weighted by Gasteiger charge is -2.41. The van der Waals surface area contributed by atoms with Crippen molar-refractivity contribution in [3.8, 4) is 5.69 Å². The molecule has 0 unspecified atom stereocenters. The molecule has 1 aromatic heterocycles. The van der Waals surface area contributed by atoms with Crippen LogP contribution in [0.3, 0.4) is 0 Å². The van der Waals surface area contributed by atoms with E-state index in [2.05, 4.69) is 10.4 Å². The van der Waals surface area contributed by atoms with E-state index in [0.29, 0.717) is 6.54 Å². The summed E-state index contributed by atoms with van der Waals surface area (Å²) < 4.78 is 1.83. The standard InChI is InChI=1S/C16H19N3O2/c20-15(21)11-16(8-4-9-16)17-12-13-7-10-19(18-13)14-5-2-1-3-6-14/h1-3,5-7,10,17H,4,8-9,11-12H2,(H,20,21). The van der Waals surface area contributed by atoms with Crippen molar-refractivity contribution >= 4 is 5.97 Å². The van der Waals surface area contributed by atoms with Gasteiger partial charge in [-0.2, -0.15) is 5.10 Å². The number of rotatable bonds is 6. The Labute approximate surface area is 123 Å². The highest BCUT2D eigenvalue weighted by molar-refractivity contribution is 5.68. The summed E-state index contributed by atoms with van der Waals surface area (Å²) in [7, 11) is 0. The molecule has 1 fully saturated rings. The van der Waals surface area contributed by atoms with Gasteiger partial charge in [-0.25, -0.2) is 4.68 Å². The van der Waals surface area contributed by atoms with Crippen LogP contribution in [0.2, 0.25) is 0 Å². The van der Waals surface area contributed by atoms with E-state index in [9.17, 15) is 4.79 Å². The molecule has 1 saturated carbocycles.